The number of hydrogen-bond acceptors (Lipinski definition) is 3. The molecule has 0 aromatic carbocycles. The Morgan fingerprint density at radius 1 is 1.21 bits per heavy atom. The van der Waals surface area contributed by atoms with E-state index in [1.54, 1.807) is 5.51 Å². The standard InChI is InChI=1S/C15H20N2OS/c1-17(15(18)13-7-19-8-16-13)14-11-3-9-2-10(5-11)6-12(14)4-9/h7-12,14H,2-6H2,1H3. The van der Waals surface area contributed by atoms with Crippen LogP contribution in [-0.4, -0.2) is 28.9 Å². The van der Waals surface area contributed by atoms with Crippen LogP contribution in [-0.2, 0) is 0 Å². The molecule has 4 aliphatic carbocycles. The third kappa shape index (κ3) is 1.83. The van der Waals surface area contributed by atoms with Gasteiger partial charge < -0.3 is 4.90 Å². The van der Waals surface area contributed by atoms with Gasteiger partial charge in [0.25, 0.3) is 5.91 Å². The van der Waals surface area contributed by atoms with Crippen LogP contribution in [0.2, 0.25) is 0 Å². The molecular weight excluding hydrogens is 256 g/mol. The summed E-state index contributed by atoms with van der Waals surface area (Å²) in [6, 6.07) is 0.474. The smallest absolute Gasteiger partial charge is 0.273 e. The summed E-state index contributed by atoms with van der Waals surface area (Å²) < 4.78 is 0. The van der Waals surface area contributed by atoms with Crippen LogP contribution in [0.4, 0.5) is 0 Å². The first-order valence-electron chi connectivity index (χ1n) is 7.37. The van der Waals surface area contributed by atoms with E-state index in [-0.39, 0.29) is 5.91 Å². The summed E-state index contributed by atoms with van der Waals surface area (Å²) in [4.78, 5) is 18.7. The zero-order valence-corrected chi connectivity index (χ0v) is 12.1. The number of carbonyl (C=O) groups is 1. The Bertz CT molecular complexity index is 456. The number of amides is 1. The Kier molecular flexibility index (Phi) is 2.69. The summed E-state index contributed by atoms with van der Waals surface area (Å²) in [6.45, 7) is 0. The molecule has 0 atom stereocenters. The third-order valence-corrected chi connectivity index (χ3v) is 6.18. The number of thiazole rings is 1. The Hall–Kier alpha value is -0.900. The molecule has 4 bridgehead atoms. The number of hydrogen-bond donors (Lipinski definition) is 0. The van der Waals surface area contributed by atoms with Crippen molar-refractivity contribution >= 4 is 17.2 Å². The lowest BCUT2D eigenvalue weighted by atomic mass is 9.54. The monoisotopic (exact) mass is 276 g/mol. The van der Waals surface area contributed by atoms with Crippen LogP contribution in [0.3, 0.4) is 0 Å². The molecule has 3 nitrogen and oxygen atoms in total. The Morgan fingerprint density at radius 2 is 1.84 bits per heavy atom. The Balaban J connectivity index is 1.57. The third-order valence-electron chi connectivity index (χ3n) is 5.60. The van der Waals surface area contributed by atoms with E-state index in [0.717, 1.165) is 23.7 Å². The maximum absolute atomic E-state index is 12.5. The van der Waals surface area contributed by atoms with Crippen molar-refractivity contribution in [1.29, 1.82) is 0 Å². The second kappa shape index (κ2) is 4.30. The minimum Gasteiger partial charge on any atom is -0.337 e. The highest BCUT2D eigenvalue weighted by Crippen LogP contribution is 2.55. The molecule has 5 rings (SSSR count). The van der Waals surface area contributed by atoms with Crippen LogP contribution >= 0.6 is 11.3 Å². The average Bonchev–Trinajstić information content (AvgIpc) is 2.90. The van der Waals surface area contributed by atoms with Gasteiger partial charge in [-0.3, -0.25) is 4.79 Å². The molecule has 0 spiro atoms. The summed E-state index contributed by atoms with van der Waals surface area (Å²) in [7, 11) is 1.99. The minimum absolute atomic E-state index is 0.124. The molecule has 0 N–H and O–H groups in total. The molecule has 0 saturated heterocycles. The minimum atomic E-state index is 0.124. The van der Waals surface area contributed by atoms with Gasteiger partial charge in [-0.25, -0.2) is 4.98 Å². The van der Waals surface area contributed by atoms with Crippen LogP contribution in [0.5, 0.6) is 0 Å². The molecule has 102 valence electrons. The molecule has 4 saturated carbocycles. The van der Waals surface area contributed by atoms with Crippen molar-refractivity contribution in [2.24, 2.45) is 23.7 Å². The van der Waals surface area contributed by atoms with Gasteiger partial charge in [-0.1, -0.05) is 0 Å². The lowest BCUT2D eigenvalue weighted by molar-refractivity contribution is -0.0492. The van der Waals surface area contributed by atoms with E-state index in [4.69, 9.17) is 0 Å². The van der Waals surface area contributed by atoms with Crippen molar-refractivity contribution in [1.82, 2.24) is 9.88 Å². The van der Waals surface area contributed by atoms with Gasteiger partial charge in [0.15, 0.2) is 0 Å². The quantitative estimate of drug-likeness (QED) is 0.832. The Labute approximate surface area is 118 Å². The first-order valence-corrected chi connectivity index (χ1v) is 8.32. The summed E-state index contributed by atoms with van der Waals surface area (Å²) >= 11 is 1.50. The molecule has 1 heterocycles. The maximum Gasteiger partial charge on any atom is 0.273 e. The van der Waals surface area contributed by atoms with Crippen molar-refractivity contribution in [3.63, 3.8) is 0 Å². The van der Waals surface area contributed by atoms with Crippen LogP contribution in [0.25, 0.3) is 0 Å². The number of nitrogens with zero attached hydrogens (tertiary/aromatic N) is 2. The Morgan fingerprint density at radius 3 is 2.37 bits per heavy atom. The number of aromatic nitrogens is 1. The summed E-state index contributed by atoms with van der Waals surface area (Å²) in [5.74, 6) is 3.55. The van der Waals surface area contributed by atoms with Crippen molar-refractivity contribution in [3.8, 4) is 0 Å². The van der Waals surface area contributed by atoms with Gasteiger partial charge in [0.1, 0.15) is 5.69 Å². The van der Waals surface area contributed by atoms with Crippen molar-refractivity contribution in [2.75, 3.05) is 7.05 Å². The molecule has 0 radical (unpaired) electrons. The van der Waals surface area contributed by atoms with E-state index in [1.807, 2.05) is 17.3 Å². The van der Waals surface area contributed by atoms with Gasteiger partial charge in [-0.05, 0) is 55.8 Å². The van der Waals surface area contributed by atoms with Gasteiger partial charge in [0, 0.05) is 18.5 Å². The topological polar surface area (TPSA) is 33.2 Å². The van der Waals surface area contributed by atoms with E-state index in [1.165, 1.54) is 43.4 Å². The number of rotatable bonds is 2. The maximum atomic E-state index is 12.5. The highest BCUT2D eigenvalue weighted by molar-refractivity contribution is 7.07. The van der Waals surface area contributed by atoms with E-state index in [0.29, 0.717) is 11.7 Å². The average molecular weight is 276 g/mol. The van der Waals surface area contributed by atoms with Crippen LogP contribution < -0.4 is 0 Å². The predicted octanol–water partition coefficient (Wildman–Crippen LogP) is 3.04. The highest BCUT2D eigenvalue weighted by Gasteiger charge is 2.50. The van der Waals surface area contributed by atoms with Crippen molar-refractivity contribution < 1.29 is 4.79 Å². The lowest BCUT2D eigenvalue weighted by Gasteiger charge is -2.56. The second-order valence-corrected chi connectivity index (χ2v) is 7.43. The molecule has 1 aromatic heterocycles. The fourth-order valence-corrected chi connectivity index (χ4v) is 5.69. The molecular formula is C15H20N2OS. The molecule has 4 heteroatoms. The fraction of sp³-hybridized carbons (Fsp3) is 0.733. The largest absolute Gasteiger partial charge is 0.337 e. The van der Waals surface area contributed by atoms with Gasteiger partial charge in [-0.2, -0.15) is 0 Å². The second-order valence-electron chi connectivity index (χ2n) is 6.71. The molecule has 1 aromatic rings. The van der Waals surface area contributed by atoms with E-state index in [2.05, 4.69) is 4.98 Å². The highest BCUT2D eigenvalue weighted by atomic mass is 32.1. The zero-order valence-electron chi connectivity index (χ0n) is 11.3. The normalized spacial score (nSPS) is 39.5. The fourth-order valence-electron chi connectivity index (χ4n) is 5.16. The molecule has 0 aliphatic heterocycles. The van der Waals surface area contributed by atoms with Gasteiger partial charge >= 0.3 is 0 Å². The molecule has 4 aliphatic rings. The molecule has 0 unspecified atom stereocenters. The number of carbonyl (C=O) groups excluding carboxylic acids is 1. The lowest BCUT2D eigenvalue weighted by Crippen LogP contribution is -2.56. The first kappa shape index (κ1) is 11.9. The van der Waals surface area contributed by atoms with Crippen LogP contribution in [0.1, 0.15) is 42.6 Å². The van der Waals surface area contributed by atoms with Gasteiger partial charge in [0.05, 0.1) is 5.51 Å². The predicted molar refractivity (Wildman–Crippen MR) is 75.0 cm³/mol. The SMILES string of the molecule is CN(C(=O)c1cscn1)C1C2CC3CC(C2)CC1C3. The van der Waals surface area contributed by atoms with Crippen molar-refractivity contribution in [3.05, 3.63) is 16.6 Å². The summed E-state index contributed by atoms with van der Waals surface area (Å²) in [5, 5.41) is 1.87. The summed E-state index contributed by atoms with van der Waals surface area (Å²) in [6.07, 6.45) is 6.88. The van der Waals surface area contributed by atoms with E-state index < -0.39 is 0 Å². The van der Waals surface area contributed by atoms with Crippen molar-refractivity contribution in [2.45, 2.75) is 38.1 Å². The van der Waals surface area contributed by atoms with Gasteiger partial charge in [-0.15, -0.1) is 11.3 Å². The molecule has 19 heavy (non-hydrogen) atoms. The summed E-state index contributed by atoms with van der Waals surface area (Å²) in [5.41, 5.74) is 2.37. The zero-order chi connectivity index (χ0) is 13.0. The molecule has 1 amide bonds. The first-order chi connectivity index (χ1) is 9.22. The van der Waals surface area contributed by atoms with E-state index in [9.17, 15) is 4.79 Å². The molecule has 4 fully saturated rings. The van der Waals surface area contributed by atoms with Crippen LogP contribution in [0, 0.1) is 23.7 Å². The van der Waals surface area contributed by atoms with Crippen LogP contribution in [0.15, 0.2) is 10.9 Å². The van der Waals surface area contributed by atoms with Gasteiger partial charge in [0.2, 0.25) is 0 Å². The van der Waals surface area contributed by atoms with E-state index >= 15 is 0 Å².